The quantitative estimate of drug-likeness (QED) is 0.540. The third-order valence-corrected chi connectivity index (χ3v) is 11.2. The smallest absolute Gasteiger partial charge is 0.305 e. The second kappa shape index (κ2) is 9.38. The number of carbonyl (C=O) groups excluding carboxylic acids is 2. The van der Waals surface area contributed by atoms with Gasteiger partial charge in [-0.2, -0.15) is 0 Å². The Kier molecular flexibility index (Phi) is 7.16. The molecule has 2 N–H and O–H groups in total. The highest BCUT2D eigenvalue weighted by Gasteiger charge is 2.67. The van der Waals surface area contributed by atoms with E-state index in [0.29, 0.717) is 48.9 Å². The van der Waals surface area contributed by atoms with Gasteiger partial charge in [-0.05, 0) is 92.8 Å². The summed E-state index contributed by atoms with van der Waals surface area (Å²) in [7, 11) is 1.45. The molecule has 4 aliphatic carbocycles. The van der Waals surface area contributed by atoms with E-state index in [1.54, 1.807) is 0 Å². The van der Waals surface area contributed by atoms with Crippen molar-refractivity contribution in [3.05, 3.63) is 0 Å². The van der Waals surface area contributed by atoms with Crippen molar-refractivity contribution < 1.29 is 29.3 Å². The Bertz CT molecular complexity index is 783. The fourth-order valence-corrected chi connectivity index (χ4v) is 9.42. The number of rotatable bonds is 6. The van der Waals surface area contributed by atoms with Crippen LogP contribution in [0.15, 0.2) is 0 Å². The highest BCUT2D eigenvalue weighted by Crippen LogP contribution is 2.69. The predicted octanol–water partition coefficient (Wildman–Crippen LogP) is 4.64. The second-order valence-corrected chi connectivity index (χ2v) is 12.6. The lowest BCUT2D eigenvalue weighted by molar-refractivity contribution is -0.266. The number of methoxy groups -OCH3 is 1. The third-order valence-electron chi connectivity index (χ3n) is 11.2. The van der Waals surface area contributed by atoms with E-state index in [1.165, 1.54) is 33.3 Å². The molecule has 0 aromatic heterocycles. The zero-order chi connectivity index (χ0) is 24.9. The van der Waals surface area contributed by atoms with E-state index in [-0.39, 0.29) is 28.9 Å². The Labute approximate surface area is 205 Å². The lowest BCUT2D eigenvalue weighted by atomic mass is 9.42. The molecule has 4 rings (SSSR count). The number of aliphatic hydroxyl groups excluding tert-OH is 1. The van der Waals surface area contributed by atoms with Gasteiger partial charge in [-0.3, -0.25) is 9.59 Å². The third kappa shape index (κ3) is 4.11. The Morgan fingerprint density at radius 3 is 2.50 bits per heavy atom. The highest BCUT2D eigenvalue weighted by atomic mass is 16.5. The Balaban J connectivity index is 1.49. The van der Waals surface area contributed by atoms with Gasteiger partial charge in [0.1, 0.15) is 6.10 Å². The van der Waals surface area contributed by atoms with E-state index in [1.807, 2.05) is 0 Å². The van der Waals surface area contributed by atoms with Gasteiger partial charge < -0.3 is 19.7 Å². The van der Waals surface area contributed by atoms with Crippen LogP contribution in [0.25, 0.3) is 0 Å². The van der Waals surface area contributed by atoms with Crippen LogP contribution < -0.4 is 0 Å². The molecule has 0 aromatic carbocycles. The van der Waals surface area contributed by atoms with Gasteiger partial charge >= 0.3 is 11.9 Å². The molecule has 6 heteroatoms. The van der Waals surface area contributed by atoms with Gasteiger partial charge in [-0.1, -0.05) is 20.8 Å². The molecule has 194 valence electrons. The van der Waals surface area contributed by atoms with E-state index in [4.69, 9.17) is 9.47 Å². The van der Waals surface area contributed by atoms with Gasteiger partial charge in [0.25, 0.3) is 0 Å². The number of carbonyl (C=O) groups is 2. The SMILES string of the molecule is COC(=O)CCC[C@@H](C)[C@H]1CC[C@H]2[C@@H]3CC(O)C4(O)C[C@@H](OC(C)=O)CC[C@]4(C)[C@H]3CC[C@]12C. The van der Waals surface area contributed by atoms with E-state index in [2.05, 4.69) is 20.8 Å². The van der Waals surface area contributed by atoms with Crippen LogP contribution in [0.2, 0.25) is 0 Å². The average Bonchev–Trinajstić information content (AvgIpc) is 3.12. The lowest BCUT2D eigenvalue weighted by Crippen LogP contribution is -2.68. The number of hydrogen-bond donors (Lipinski definition) is 2. The molecule has 0 heterocycles. The maximum atomic E-state index is 11.9. The molecule has 4 saturated carbocycles. The summed E-state index contributed by atoms with van der Waals surface area (Å²) in [6, 6.07) is 0. The van der Waals surface area contributed by atoms with Crippen LogP contribution in [-0.2, 0) is 19.1 Å². The van der Waals surface area contributed by atoms with Crippen LogP contribution in [0.1, 0.15) is 98.3 Å². The number of hydrogen-bond acceptors (Lipinski definition) is 6. The largest absolute Gasteiger partial charge is 0.469 e. The molecule has 0 amide bonds. The molecule has 2 unspecified atom stereocenters. The number of aliphatic hydroxyl groups is 2. The van der Waals surface area contributed by atoms with Crippen molar-refractivity contribution in [3.8, 4) is 0 Å². The first kappa shape index (κ1) is 25.9. The van der Waals surface area contributed by atoms with Crippen molar-refractivity contribution in [2.75, 3.05) is 7.11 Å². The summed E-state index contributed by atoms with van der Waals surface area (Å²) in [4.78, 5) is 23.1. The van der Waals surface area contributed by atoms with E-state index in [9.17, 15) is 19.8 Å². The van der Waals surface area contributed by atoms with E-state index < -0.39 is 11.7 Å². The molecule has 34 heavy (non-hydrogen) atoms. The summed E-state index contributed by atoms with van der Waals surface area (Å²) >= 11 is 0. The lowest BCUT2D eigenvalue weighted by Gasteiger charge is -2.65. The molecule has 0 aromatic rings. The van der Waals surface area contributed by atoms with E-state index in [0.717, 1.165) is 32.1 Å². The van der Waals surface area contributed by atoms with Gasteiger partial charge in [0.05, 0.1) is 18.8 Å². The van der Waals surface area contributed by atoms with Crippen LogP contribution in [0.4, 0.5) is 0 Å². The summed E-state index contributed by atoms with van der Waals surface area (Å²) in [5.74, 6) is 2.16. The van der Waals surface area contributed by atoms with Crippen LogP contribution in [0, 0.1) is 40.4 Å². The summed E-state index contributed by atoms with van der Waals surface area (Å²) in [6.07, 6.45) is 8.54. The van der Waals surface area contributed by atoms with Crippen molar-refractivity contribution in [1.82, 2.24) is 0 Å². The minimum Gasteiger partial charge on any atom is -0.469 e. The van der Waals surface area contributed by atoms with Crippen molar-refractivity contribution >= 4 is 11.9 Å². The van der Waals surface area contributed by atoms with Crippen LogP contribution in [0.5, 0.6) is 0 Å². The van der Waals surface area contributed by atoms with Gasteiger partial charge in [-0.25, -0.2) is 0 Å². The van der Waals surface area contributed by atoms with Crippen LogP contribution >= 0.6 is 0 Å². The molecule has 0 saturated heterocycles. The number of esters is 2. The molecule has 6 nitrogen and oxygen atoms in total. The molecule has 4 fully saturated rings. The van der Waals surface area contributed by atoms with Gasteiger partial charge in [-0.15, -0.1) is 0 Å². The maximum Gasteiger partial charge on any atom is 0.305 e. The average molecular weight is 479 g/mol. The van der Waals surface area contributed by atoms with Crippen molar-refractivity contribution in [2.45, 2.75) is 116 Å². The zero-order valence-electron chi connectivity index (χ0n) is 21.8. The highest BCUT2D eigenvalue weighted by molar-refractivity contribution is 5.69. The standard InChI is InChI=1S/C28H46O6/c1-17(7-6-8-25(31)33-5)21-9-10-22-20-15-24(30)28(32)16-19(34-18(2)29)11-14-27(28,4)23(20)12-13-26(21,22)3/h17,19-24,30,32H,6-16H2,1-5H3/t17-,19+,20+,21-,22+,23+,24?,26-,27-,28?/m1/s1. The summed E-state index contributed by atoms with van der Waals surface area (Å²) < 4.78 is 10.3. The Morgan fingerprint density at radius 2 is 1.82 bits per heavy atom. The normalized spacial score (nSPS) is 46.6. The van der Waals surface area contributed by atoms with Gasteiger partial charge in [0, 0.05) is 25.2 Å². The minimum atomic E-state index is -1.19. The van der Waals surface area contributed by atoms with Crippen LogP contribution in [0.3, 0.4) is 0 Å². The van der Waals surface area contributed by atoms with Crippen LogP contribution in [-0.4, -0.2) is 47.1 Å². The molecule has 0 spiro atoms. The van der Waals surface area contributed by atoms with Crippen molar-refractivity contribution in [2.24, 2.45) is 40.4 Å². The molecule has 0 bridgehead atoms. The zero-order valence-corrected chi connectivity index (χ0v) is 21.8. The molecule has 10 atom stereocenters. The first-order chi connectivity index (χ1) is 16.0. The van der Waals surface area contributed by atoms with Gasteiger partial charge in [0.2, 0.25) is 0 Å². The molecular formula is C28H46O6. The van der Waals surface area contributed by atoms with Crippen molar-refractivity contribution in [3.63, 3.8) is 0 Å². The monoisotopic (exact) mass is 478 g/mol. The van der Waals surface area contributed by atoms with E-state index >= 15 is 0 Å². The number of fused-ring (bicyclic) bond motifs is 5. The summed E-state index contributed by atoms with van der Waals surface area (Å²) in [6.45, 7) is 8.45. The molecule has 0 radical (unpaired) electrons. The Morgan fingerprint density at radius 1 is 1.09 bits per heavy atom. The summed E-state index contributed by atoms with van der Waals surface area (Å²) in [5, 5.41) is 23.2. The Hall–Kier alpha value is -1.14. The molecule has 0 aliphatic heterocycles. The van der Waals surface area contributed by atoms with Gasteiger partial charge in [0.15, 0.2) is 0 Å². The number of ether oxygens (including phenoxy) is 2. The maximum absolute atomic E-state index is 11.9. The first-order valence-corrected chi connectivity index (χ1v) is 13.6. The second-order valence-electron chi connectivity index (χ2n) is 12.6. The van der Waals surface area contributed by atoms with Crippen molar-refractivity contribution in [1.29, 1.82) is 0 Å². The first-order valence-electron chi connectivity index (χ1n) is 13.6. The fraction of sp³-hybridized carbons (Fsp3) is 0.929. The fourth-order valence-electron chi connectivity index (χ4n) is 9.42. The molecular weight excluding hydrogens is 432 g/mol. The predicted molar refractivity (Wildman–Crippen MR) is 129 cm³/mol. The summed E-state index contributed by atoms with van der Waals surface area (Å²) in [5.41, 5.74) is -1.29. The topological polar surface area (TPSA) is 93.1 Å². The molecule has 4 aliphatic rings. The minimum absolute atomic E-state index is 0.122.